The van der Waals surface area contributed by atoms with Crippen molar-refractivity contribution in [1.82, 2.24) is 0 Å². The van der Waals surface area contributed by atoms with E-state index >= 15 is 0 Å². The molecule has 0 saturated carbocycles. The average Bonchev–Trinajstić information content (AvgIpc) is 0. The first-order valence-corrected chi connectivity index (χ1v) is 0. The van der Waals surface area contributed by atoms with Gasteiger partial charge in [0, 0.05) is 81.3 Å². The predicted octanol–water partition coefficient (Wildman–Crippen LogP) is -1.14. The second kappa shape index (κ2) is 17.6. The van der Waals surface area contributed by atoms with E-state index in [-0.39, 0.29) is 81.3 Å². The Morgan fingerprint density at radius 2 is 0.500 bits per heavy atom. The average molecular weight is 325 g/mol. The molecule has 0 aromatic carbocycles. The minimum atomic E-state index is 0. The molecule has 0 aliphatic carbocycles. The predicted molar refractivity (Wildman–Crippen MR) is 17.3 cm³/mol. The van der Waals surface area contributed by atoms with Crippen LogP contribution in [0.25, 0.3) is 0 Å². The summed E-state index contributed by atoms with van der Waals surface area (Å²) in [4.78, 5) is 0. The summed E-state index contributed by atoms with van der Waals surface area (Å²) in [5.74, 6) is 0. The summed E-state index contributed by atoms with van der Waals surface area (Å²) in [6.07, 6.45) is 0. The van der Waals surface area contributed by atoms with E-state index in [2.05, 4.69) is 0 Å². The van der Waals surface area contributed by atoms with Crippen molar-refractivity contribution >= 4 is 52.1 Å². The van der Waals surface area contributed by atoms with Gasteiger partial charge >= 0.3 is 0 Å². The van der Waals surface area contributed by atoms with Gasteiger partial charge in [-0.05, 0) is 0 Å². The van der Waals surface area contributed by atoms with E-state index in [9.17, 15) is 0 Å². The zero-order chi connectivity index (χ0) is 0. The van der Waals surface area contributed by atoms with Crippen LogP contribution >= 0.6 is 0 Å². The quantitative estimate of drug-likeness (QED) is 0.494. The van der Waals surface area contributed by atoms with Crippen LogP contribution in [0.1, 0.15) is 0 Å². The third-order valence-electron chi connectivity index (χ3n) is 0. The molecule has 0 rings (SSSR count). The maximum absolute atomic E-state index is 0. The van der Waals surface area contributed by atoms with Crippen molar-refractivity contribution < 1.29 is 29.2 Å². The molecule has 0 saturated heterocycles. The van der Waals surface area contributed by atoms with Gasteiger partial charge in [-0.2, -0.15) is 0 Å². The fourth-order valence-corrected chi connectivity index (χ4v) is 0. The second-order valence-corrected chi connectivity index (χ2v) is 0. The van der Waals surface area contributed by atoms with Crippen molar-refractivity contribution in [2.24, 2.45) is 0 Å². The van der Waals surface area contributed by atoms with Gasteiger partial charge in [-0.3, -0.25) is 0 Å². The first-order valence-electron chi connectivity index (χ1n) is 0. The summed E-state index contributed by atoms with van der Waals surface area (Å²) in [5, 5.41) is 0. The van der Waals surface area contributed by atoms with Crippen LogP contribution in [0.5, 0.6) is 0 Å². The van der Waals surface area contributed by atoms with E-state index in [1.165, 1.54) is 0 Å². The van der Waals surface area contributed by atoms with Crippen LogP contribution in [0, 0.1) is 29.2 Å². The van der Waals surface area contributed by atoms with Gasteiger partial charge in [0.1, 0.15) is 0 Å². The fraction of sp³-hybridized carbons (Fsp3) is 0. The van der Waals surface area contributed by atoms with E-state index in [0.29, 0.717) is 0 Å². The maximum Gasteiger partial charge on any atom is 0 e. The smallest absolute Gasteiger partial charge is 0 e. The van der Waals surface area contributed by atoms with E-state index in [1.54, 1.807) is 0 Å². The van der Waals surface area contributed by atoms with Gasteiger partial charge in [-0.1, -0.05) is 0 Å². The van der Waals surface area contributed by atoms with Gasteiger partial charge in [-0.25, -0.2) is 0 Å². The first kappa shape index (κ1) is 30.7. The summed E-state index contributed by atoms with van der Waals surface area (Å²) >= 11 is 0. The van der Waals surface area contributed by atoms with Crippen LogP contribution < -0.4 is 0 Å². The second-order valence-electron chi connectivity index (χ2n) is 0. The molecule has 0 aromatic rings. The monoisotopic (exact) mass is 319 g/mol. The SMILES string of the molecule is [Al].[Al].[Al].[Pu]. The molecule has 15 valence electrons. The zero-order valence-corrected chi connectivity index (χ0v) is 9.00. The normalized spacial score (nSPS) is 0. The Morgan fingerprint density at radius 3 is 0.500 bits per heavy atom. The van der Waals surface area contributed by atoms with Gasteiger partial charge in [0.25, 0.3) is 0 Å². The van der Waals surface area contributed by atoms with E-state index < -0.39 is 0 Å². The maximum atomic E-state index is 0. The standard InChI is InChI=1S/3Al.Pu. The minimum absolute atomic E-state index is 0. The van der Waals surface area contributed by atoms with Crippen molar-refractivity contribution in [3.8, 4) is 0 Å². The van der Waals surface area contributed by atoms with E-state index in [1.807, 2.05) is 0 Å². The Balaban J connectivity index is 0. The van der Waals surface area contributed by atoms with Crippen LogP contribution in [0.2, 0.25) is 0 Å². The molecule has 0 unspecified atom stereocenters. The molecule has 0 amide bonds. The molecule has 0 heterocycles. The minimum Gasteiger partial charge on any atom is 0 e. The number of hydrogen-bond donors (Lipinski definition) is 0. The molecule has 0 atom stereocenters. The van der Waals surface area contributed by atoms with Crippen LogP contribution in [-0.2, 0) is 0 Å². The first-order chi connectivity index (χ1) is 0. The van der Waals surface area contributed by atoms with Crippen molar-refractivity contribution in [2.45, 2.75) is 0 Å². The molecule has 0 aromatic heterocycles. The molecule has 9 radical (unpaired) electrons. The topological polar surface area (TPSA) is 0 Å². The molecule has 0 aliphatic rings. The third-order valence-corrected chi connectivity index (χ3v) is 0. The van der Waals surface area contributed by atoms with Gasteiger partial charge in [0.05, 0.1) is 0 Å². The van der Waals surface area contributed by atoms with Crippen molar-refractivity contribution in [3.63, 3.8) is 0 Å². The zero-order valence-electron chi connectivity index (χ0n) is 2.14. The van der Waals surface area contributed by atoms with E-state index in [4.69, 9.17) is 0 Å². The Labute approximate surface area is 80.0 Å². The number of hydrogen-bond acceptors (Lipinski definition) is 0. The summed E-state index contributed by atoms with van der Waals surface area (Å²) in [6.45, 7) is 0. The van der Waals surface area contributed by atoms with Crippen LogP contribution in [0.15, 0.2) is 0 Å². The van der Waals surface area contributed by atoms with Gasteiger partial charge in [-0.15, -0.1) is 0 Å². The Hall–Kier alpha value is 2.58. The molecular weight excluding hydrogens is 325 g/mol. The van der Waals surface area contributed by atoms with Crippen LogP contribution in [0.3, 0.4) is 0 Å². The van der Waals surface area contributed by atoms with Gasteiger partial charge in [0.15, 0.2) is 0 Å². The molecule has 0 bridgehead atoms. The molecular formula is Al3Pu. The summed E-state index contributed by atoms with van der Waals surface area (Å²) in [5.41, 5.74) is 0. The van der Waals surface area contributed by atoms with Crippen molar-refractivity contribution in [1.29, 1.82) is 0 Å². The largest absolute Gasteiger partial charge is 0 e. The number of rotatable bonds is 0. The van der Waals surface area contributed by atoms with Gasteiger partial charge in [0.2, 0.25) is 0 Å². The molecule has 0 nitrogen and oxygen atoms in total. The van der Waals surface area contributed by atoms with Gasteiger partial charge < -0.3 is 0 Å². The summed E-state index contributed by atoms with van der Waals surface area (Å²) in [6, 6.07) is 0. The molecule has 4 heavy (non-hydrogen) atoms. The summed E-state index contributed by atoms with van der Waals surface area (Å²) in [7, 11) is 0. The fourth-order valence-electron chi connectivity index (χ4n) is 0. The molecule has 0 spiro atoms. The Bertz CT molecular complexity index is 3.25. The molecule has 4 heteroatoms. The Kier molecular flexibility index (Phi) is 135. The summed E-state index contributed by atoms with van der Waals surface area (Å²) < 4.78 is 0. The molecule has 0 N–H and O–H groups in total. The van der Waals surface area contributed by atoms with Crippen LogP contribution in [0.4, 0.5) is 0 Å². The molecule has 0 aliphatic heterocycles. The van der Waals surface area contributed by atoms with Crippen molar-refractivity contribution in [3.05, 3.63) is 0 Å². The van der Waals surface area contributed by atoms with Crippen molar-refractivity contribution in [2.75, 3.05) is 0 Å². The Morgan fingerprint density at radius 1 is 0.500 bits per heavy atom. The van der Waals surface area contributed by atoms with Crippen LogP contribution in [-0.4, -0.2) is 52.1 Å². The van der Waals surface area contributed by atoms with E-state index in [0.717, 1.165) is 0 Å². The third kappa shape index (κ3) is 8.82. The molecule has 0 fully saturated rings.